The summed E-state index contributed by atoms with van der Waals surface area (Å²) >= 11 is 6.23. The minimum atomic E-state index is -1.05. The van der Waals surface area contributed by atoms with E-state index in [4.69, 9.17) is 17.3 Å². The Morgan fingerprint density at radius 1 is 1.61 bits per heavy atom. The maximum atomic E-state index is 12.0. The largest absolute Gasteiger partial charge is 0.480 e. The standard InChI is InChI=1S/C12H13NO3S2/c14-10(15)7-13-11(16)9(18-12(13)17)6-8-4-2-1-3-5-8/h1-2,6,8H,3-5,7H2,(H,14,15)/b9-6+. The Hall–Kier alpha value is -1.14. The van der Waals surface area contributed by atoms with E-state index in [2.05, 4.69) is 12.2 Å². The summed E-state index contributed by atoms with van der Waals surface area (Å²) in [5.41, 5.74) is 0. The molecular weight excluding hydrogens is 270 g/mol. The van der Waals surface area contributed by atoms with Crippen molar-refractivity contribution in [3.63, 3.8) is 0 Å². The second kappa shape index (κ2) is 5.67. The lowest BCUT2D eigenvalue weighted by Gasteiger charge is -2.14. The number of allylic oxidation sites excluding steroid dienone is 3. The third kappa shape index (κ3) is 3.00. The molecule has 1 aliphatic heterocycles. The molecule has 6 heteroatoms. The van der Waals surface area contributed by atoms with Gasteiger partial charge < -0.3 is 5.11 Å². The summed E-state index contributed by atoms with van der Waals surface area (Å²) in [6.07, 6.45) is 9.17. The number of nitrogens with zero attached hydrogens (tertiary/aromatic N) is 1. The summed E-state index contributed by atoms with van der Waals surface area (Å²) < 4.78 is 0.333. The molecule has 0 spiro atoms. The number of thioether (sulfide) groups is 1. The Balaban J connectivity index is 2.09. The highest BCUT2D eigenvalue weighted by molar-refractivity contribution is 8.26. The van der Waals surface area contributed by atoms with E-state index in [0.717, 1.165) is 24.2 Å². The van der Waals surface area contributed by atoms with Crippen LogP contribution < -0.4 is 0 Å². The molecule has 1 unspecified atom stereocenters. The first-order valence-electron chi connectivity index (χ1n) is 5.70. The van der Waals surface area contributed by atoms with Crippen LogP contribution in [0.3, 0.4) is 0 Å². The predicted molar refractivity (Wildman–Crippen MR) is 74.1 cm³/mol. The molecule has 0 aromatic heterocycles. The third-order valence-electron chi connectivity index (χ3n) is 2.86. The van der Waals surface area contributed by atoms with Crippen molar-refractivity contribution in [2.75, 3.05) is 6.54 Å². The summed E-state index contributed by atoms with van der Waals surface area (Å²) in [7, 11) is 0. The molecule has 2 rings (SSSR count). The Bertz CT molecular complexity index is 456. The normalized spacial score (nSPS) is 26.1. The second-order valence-electron chi connectivity index (χ2n) is 4.23. The third-order valence-corrected chi connectivity index (χ3v) is 4.26. The Morgan fingerprint density at radius 3 is 3.00 bits per heavy atom. The number of carbonyl (C=O) groups excluding carboxylic acids is 1. The van der Waals surface area contributed by atoms with E-state index in [1.165, 1.54) is 11.8 Å². The average Bonchev–Trinajstić information content (AvgIpc) is 2.58. The number of carboxylic acids is 1. The number of aliphatic carboxylic acids is 1. The number of hydrogen-bond acceptors (Lipinski definition) is 4. The van der Waals surface area contributed by atoms with Crippen LogP contribution in [-0.4, -0.2) is 32.7 Å². The van der Waals surface area contributed by atoms with Crippen LogP contribution in [0.25, 0.3) is 0 Å². The topological polar surface area (TPSA) is 57.6 Å². The predicted octanol–water partition coefficient (Wildman–Crippen LogP) is 2.17. The van der Waals surface area contributed by atoms with Gasteiger partial charge in [0.1, 0.15) is 10.9 Å². The minimum Gasteiger partial charge on any atom is -0.480 e. The molecule has 1 amide bonds. The highest BCUT2D eigenvalue weighted by Crippen LogP contribution is 2.33. The molecule has 0 saturated carbocycles. The molecular formula is C12H13NO3S2. The van der Waals surface area contributed by atoms with Gasteiger partial charge in [-0.25, -0.2) is 0 Å². The van der Waals surface area contributed by atoms with Gasteiger partial charge in [-0.2, -0.15) is 0 Å². The Labute approximate surface area is 115 Å². The highest BCUT2D eigenvalue weighted by atomic mass is 32.2. The van der Waals surface area contributed by atoms with Gasteiger partial charge in [-0.1, -0.05) is 42.2 Å². The number of rotatable bonds is 3. The summed E-state index contributed by atoms with van der Waals surface area (Å²) in [4.78, 5) is 24.4. The molecule has 0 bridgehead atoms. The van der Waals surface area contributed by atoms with Crippen molar-refractivity contribution in [1.29, 1.82) is 0 Å². The van der Waals surface area contributed by atoms with Crippen molar-refractivity contribution in [2.24, 2.45) is 5.92 Å². The first-order chi connectivity index (χ1) is 8.58. The van der Waals surface area contributed by atoms with Crippen LogP contribution in [0.2, 0.25) is 0 Å². The average molecular weight is 283 g/mol. The SMILES string of the molecule is O=C(O)CN1C(=O)/C(=C\C2CC=CCC2)SC1=S. The molecule has 1 aliphatic carbocycles. The molecule has 1 fully saturated rings. The number of amides is 1. The van der Waals surface area contributed by atoms with Crippen molar-refractivity contribution in [3.8, 4) is 0 Å². The van der Waals surface area contributed by atoms with Crippen LogP contribution in [0.4, 0.5) is 0 Å². The molecule has 1 saturated heterocycles. The lowest BCUT2D eigenvalue weighted by Crippen LogP contribution is -2.33. The van der Waals surface area contributed by atoms with Crippen molar-refractivity contribution >= 4 is 40.2 Å². The summed E-state index contributed by atoms with van der Waals surface area (Å²) in [5.74, 6) is -0.968. The van der Waals surface area contributed by atoms with E-state index < -0.39 is 5.97 Å². The van der Waals surface area contributed by atoms with Crippen molar-refractivity contribution in [3.05, 3.63) is 23.1 Å². The second-order valence-corrected chi connectivity index (χ2v) is 5.90. The van der Waals surface area contributed by atoms with Gasteiger partial charge >= 0.3 is 5.97 Å². The van der Waals surface area contributed by atoms with Crippen LogP contribution in [0, 0.1) is 5.92 Å². The fourth-order valence-corrected chi connectivity index (χ4v) is 3.29. The molecule has 18 heavy (non-hydrogen) atoms. The maximum absolute atomic E-state index is 12.0. The fourth-order valence-electron chi connectivity index (χ4n) is 1.97. The number of carboxylic acid groups (broad SMARTS) is 1. The van der Waals surface area contributed by atoms with Crippen molar-refractivity contribution in [2.45, 2.75) is 19.3 Å². The molecule has 4 nitrogen and oxygen atoms in total. The summed E-state index contributed by atoms with van der Waals surface area (Å²) in [6.45, 7) is -0.355. The highest BCUT2D eigenvalue weighted by Gasteiger charge is 2.33. The van der Waals surface area contributed by atoms with E-state index in [0.29, 0.717) is 15.1 Å². The minimum absolute atomic E-state index is 0.276. The van der Waals surface area contributed by atoms with Gasteiger partial charge in [-0.3, -0.25) is 14.5 Å². The van der Waals surface area contributed by atoms with E-state index in [1.54, 1.807) is 0 Å². The van der Waals surface area contributed by atoms with E-state index in [1.807, 2.05) is 6.08 Å². The monoisotopic (exact) mass is 283 g/mol. The lowest BCUT2D eigenvalue weighted by molar-refractivity contribution is -0.140. The zero-order chi connectivity index (χ0) is 13.1. The Kier molecular flexibility index (Phi) is 4.19. The van der Waals surface area contributed by atoms with E-state index in [-0.39, 0.29) is 12.5 Å². The first-order valence-corrected chi connectivity index (χ1v) is 6.92. The molecule has 0 aromatic rings. The van der Waals surface area contributed by atoms with Gasteiger partial charge in [0.15, 0.2) is 0 Å². The smallest absolute Gasteiger partial charge is 0.323 e. The molecule has 1 heterocycles. The number of hydrogen-bond donors (Lipinski definition) is 1. The summed E-state index contributed by atoms with van der Waals surface area (Å²) in [5, 5.41) is 8.73. The molecule has 1 atom stereocenters. The van der Waals surface area contributed by atoms with Crippen LogP contribution in [0.5, 0.6) is 0 Å². The van der Waals surface area contributed by atoms with Crippen LogP contribution in [-0.2, 0) is 9.59 Å². The van der Waals surface area contributed by atoms with Crippen LogP contribution in [0.15, 0.2) is 23.1 Å². The van der Waals surface area contributed by atoms with Gasteiger partial charge in [0.05, 0.1) is 4.91 Å². The molecule has 96 valence electrons. The van der Waals surface area contributed by atoms with E-state index >= 15 is 0 Å². The maximum Gasteiger partial charge on any atom is 0.323 e. The van der Waals surface area contributed by atoms with Crippen molar-refractivity contribution in [1.82, 2.24) is 4.90 Å². The van der Waals surface area contributed by atoms with E-state index in [9.17, 15) is 9.59 Å². The van der Waals surface area contributed by atoms with Crippen LogP contribution in [0.1, 0.15) is 19.3 Å². The quantitative estimate of drug-likeness (QED) is 0.489. The molecule has 1 N–H and O–H groups in total. The van der Waals surface area contributed by atoms with Gasteiger partial charge in [-0.15, -0.1) is 0 Å². The van der Waals surface area contributed by atoms with Gasteiger partial charge in [0.25, 0.3) is 5.91 Å². The fraction of sp³-hybridized carbons (Fsp3) is 0.417. The Morgan fingerprint density at radius 2 is 2.39 bits per heavy atom. The molecule has 0 aromatic carbocycles. The van der Waals surface area contributed by atoms with Gasteiger partial charge in [-0.05, 0) is 25.2 Å². The molecule has 2 aliphatic rings. The van der Waals surface area contributed by atoms with Crippen LogP contribution >= 0.6 is 24.0 Å². The first kappa shape index (κ1) is 13.3. The van der Waals surface area contributed by atoms with Gasteiger partial charge in [0, 0.05) is 0 Å². The lowest BCUT2D eigenvalue weighted by atomic mass is 9.94. The summed E-state index contributed by atoms with van der Waals surface area (Å²) in [6, 6.07) is 0. The van der Waals surface area contributed by atoms with Gasteiger partial charge in [0.2, 0.25) is 0 Å². The number of thiocarbonyl (C=S) groups is 1. The number of carbonyl (C=O) groups is 2. The van der Waals surface area contributed by atoms with Crippen molar-refractivity contribution < 1.29 is 14.7 Å². The zero-order valence-electron chi connectivity index (χ0n) is 9.67. The molecule has 0 radical (unpaired) electrons. The zero-order valence-corrected chi connectivity index (χ0v) is 11.3.